The van der Waals surface area contributed by atoms with Crippen molar-refractivity contribution >= 4 is 27.4 Å². The van der Waals surface area contributed by atoms with Gasteiger partial charge in [0.25, 0.3) is 0 Å². The minimum atomic E-state index is -3.57. The van der Waals surface area contributed by atoms with Crippen LogP contribution in [0.25, 0.3) is 0 Å². The van der Waals surface area contributed by atoms with Crippen molar-refractivity contribution in [1.82, 2.24) is 4.90 Å². The molecule has 1 aromatic carbocycles. The minimum Gasteiger partial charge on any atom is -0.381 e. The molecule has 2 rings (SSSR count). The molecule has 0 unspecified atom stereocenters. The molecule has 0 radical (unpaired) electrons. The van der Waals surface area contributed by atoms with Crippen molar-refractivity contribution in [3.05, 3.63) is 23.2 Å². The van der Waals surface area contributed by atoms with Gasteiger partial charge >= 0.3 is 10.1 Å². The molecule has 0 spiro atoms. The van der Waals surface area contributed by atoms with Gasteiger partial charge in [0.05, 0.1) is 11.9 Å². The van der Waals surface area contributed by atoms with Crippen molar-refractivity contribution in [2.75, 3.05) is 43.9 Å². The number of piperazine rings is 1. The number of hydrogen-bond acceptors (Lipinski definition) is 5. The molecule has 1 aliphatic heterocycles. The predicted octanol–water partition coefficient (Wildman–Crippen LogP) is 2.21. The summed E-state index contributed by atoms with van der Waals surface area (Å²) in [5, 5.41) is 0.354. The van der Waals surface area contributed by atoms with E-state index in [9.17, 15) is 8.42 Å². The SMILES string of the molecule is CCCN1CCN(c2cccc(OS(C)(=O)=O)c2Cl)CC1. The van der Waals surface area contributed by atoms with Crippen LogP contribution in [0.4, 0.5) is 5.69 Å². The molecule has 0 aliphatic carbocycles. The second-order valence-corrected chi connectivity index (χ2v) is 7.16. The smallest absolute Gasteiger partial charge is 0.306 e. The summed E-state index contributed by atoms with van der Waals surface area (Å²) in [6.45, 7) is 7.01. The Morgan fingerprint density at radius 2 is 1.90 bits per heavy atom. The van der Waals surface area contributed by atoms with Crippen LogP contribution in [0.2, 0.25) is 5.02 Å². The second-order valence-electron chi connectivity index (χ2n) is 5.21. The molecule has 118 valence electrons. The Bertz CT molecular complexity index is 584. The third-order valence-electron chi connectivity index (χ3n) is 3.44. The Balaban J connectivity index is 2.13. The Hall–Kier alpha value is -0.980. The third-order valence-corrected chi connectivity index (χ3v) is 4.30. The first-order chi connectivity index (χ1) is 9.90. The highest BCUT2D eigenvalue weighted by Gasteiger charge is 2.20. The summed E-state index contributed by atoms with van der Waals surface area (Å²) >= 11 is 6.30. The maximum atomic E-state index is 11.3. The summed E-state index contributed by atoms with van der Waals surface area (Å²) in [4.78, 5) is 4.59. The Morgan fingerprint density at radius 1 is 1.24 bits per heavy atom. The van der Waals surface area contributed by atoms with E-state index in [0.29, 0.717) is 5.02 Å². The highest BCUT2D eigenvalue weighted by Crippen LogP contribution is 2.35. The van der Waals surface area contributed by atoms with Crippen molar-refractivity contribution in [1.29, 1.82) is 0 Å². The second kappa shape index (κ2) is 6.85. The molecule has 1 fully saturated rings. The third kappa shape index (κ3) is 4.49. The molecule has 0 N–H and O–H groups in total. The van der Waals surface area contributed by atoms with Gasteiger partial charge in [-0.3, -0.25) is 4.90 Å². The monoisotopic (exact) mass is 332 g/mol. The topological polar surface area (TPSA) is 49.9 Å². The molecule has 5 nitrogen and oxygen atoms in total. The van der Waals surface area contributed by atoms with E-state index < -0.39 is 10.1 Å². The first kappa shape index (κ1) is 16.4. The van der Waals surface area contributed by atoms with Crippen LogP contribution in [0.5, 0.6) is 5.75 Å². The van der Waals surface area contributed by atoms with E-state index in [2.05, 4.69) is 16.7 Å². The van der Waals surface area contributed by atoms with E-state index in [-0.39, 0.29) is 5.75 Å². The molecule has 1 saturated heterocycles. The van der Waals surface area contributed by atoms with Gasteiger partial charge in [0.1, 0.15) is 5.02 Å². The zero-order chi connectivity index (χ0) is 15.5. The normalized spacial score (nSPS) is 17.0. The van der Waals surface area contributed by atoms with Crippen molar-refractivity contribution in [2.24, 2.45) is 0 Å². The highest BCUT2D eigenvalue weighted by molar-refractivity contribution is 7.86. The van der Waals surface area contributed by atoms with E-state index in [0.717, 1.165) is 51.1 Å². The van der Waals surface area contributed by atoms with Gasteiger partial charge < -0.3 is 9.08 Å². The van der Waals surface area contributed by atoms with Crippen molar-refractivity contribution in [3.63, 3.8) is 0 Å². The largest absolute Gasteiger partial charge is 0.381 e. The Kier molecular flexibility index (Phi) is 5.35. The van der Waals surface area contributed by atoms with Crippen LogP contribution in [-0.2, 0) is 10.1 Å². The van der Waals surface area contributed by atoms with Gasteiger partial charge in [-0.25, -0.2) is 0 Å². The predicted molar refractivity (Wildman–Crippen MR) is 85.9 cm³/mol. The van der Waals surface area contributed by atoms with Gasteiger partial charge in [-0.15, -0.1) is 0 Å². The lowest BCUT2D eigenvalue weighted by molar-refractivity contribution is 0.258. The molecule has 1 aliphatic rings. The fourth-order valence-electron chi connectivity index (χ4n) is 2.50. The molecule has 0 aromatic heterocycles. The molecule has 0 amide bonds. The lowest BCUT2D eigenvalue weighted by Crippen LogP contribution is -2.46. The van der Waals surface area contributed by atoms with Crippen molar-refractivity contribution in [2.45, 2.75) is 13.3 Å². The van der Waals surface area contributed by atoms with Gasteiger partial charge in [-0.2, -0.15) is 8.42 Å². The average Bonchev–Trinajstić information content (AvgIpc) is 2.41. The number of nitrogens with zero attached hydrogens (tertiary/aromatic N) is 2. The molecular weight excluding hydrogens is 312 g/mol. The maximum Gasteiger partial charge on any atom is 0.306 e. The average molecular weight is 333 g/mol. The summed E-state index contributed by atoms with van der Waals surface area (Å²) < 4.78 is 27.4. The zero-order valence-electron chi connectivity index (χ0n) is 12.4. The highest BCUT2D eigenvalue weighted by atomic mass is 35.5. The van der Waals surface area contributed by atoms with Gasteiger partial charge in [0.2, 0.25) is 0 Å². The summed E-state index contributed by atoms with van der Waals surface area (Å²) in [6, 6.07) is 5.23. The van der Waals surface area contributed by atoms with E-state index in [1.54, 1.807) is 12.1 Å². The number of hydrogen-bond donors (Lipinski definition) is 0. The van der Waals surface area contributed by atoms with Gasteiger partial charge in [-0.1, -0.05) is 24.6 Å². The van der Waals surface area contributed by atoms with Crippen molar-refractivity contribution < 1.29 is 12.6 Å². The molecule has 1 heterocycles. The number of halogens is 1. The molecule has 7 heteroatoms. The van der Waals surface area contributed by atoms with Crippen LogP contribution in [-0.4, -0.2) is 52.3 Å². The van der Waals surface area contributed by atoms with Gasteiger partial charge in [-0.05, 0) is 25.1 Å². The molecule has 0 atom stereocenters. The number of anilines is 1. The quantitative estimate of drug-likeness (QED) is 0.774. The van der Waals surface area contributed by atoms with Crippen LogP contribution in [0.1, 0.15) is 13.3 Å². The number of rotatable bonds is 5. The lowest BCUT2D eigenvalue weighted by atomic mass is 10.2. The molecule has 21 heavy (non-hydrogen) atoms. The lowest BCUT2D eigenvalue weighted by Gasteiger charge is -2.36. The van der Waals surface area contributed by atoms with Gasteiger partial charge in [0, 0.05) is 26.2 Å². The summed E-state index contributed by atoms with van der Waals surface area (Å²) in [6.07, 6.45) is 2.16. The molecule has 1 aromatic rings. The first-order valence-electron chi connectivity index (χ1n) is 7.06. The van der Waals surface area contributed by atoms with Crippen LogP contribution >= 0.6 is 11.6 Å². The van der Waals surface area contributed by atoms with Gasteiger partial charge in [0.15, 0.2) is 5.75 Å². The molecule has 0 saturated carbocycles. The van der Waals surface area contributed by atoms with E-state index in [1.807, 2.05) is 6.07 Å². The minimum absolute atomic E-state index is 0.188. The van der Waals surface area contributed by atoms with Crippen LogP contribution in [0.3, 0.4) is 0 Å². The zero-order valence-corrected chi connectivity index (χ0v) is 14.0. The van der Waals surface area contributed by atoms with E-state index in [1.165, 1.54) is 0 Å². The standard InChI is InChI=1S/C14H21ClN2O3S/c1-3-7-16-8-10-17(11-9-16)12-5-4-6-13(14(12)15)20-21(2,18)19/h4-6H,3,7-11H2,1-2H3. The van der Waals surface area contributed by atoms with Crippen molar-refractivity contribution in [3.8, 4) is 5.75 Å². The fraction of sp³-hybridized carbons (Fsp3) is 0.571. The van der Waals surface area contributed by atoms with Crippen LogP contribution in [0.15, 0.2) is 18.2 Å². The van der Waals surface area contributed by atoms with E-state index in [4.69, 9.17) is 15.8 Å². The summed E-state index contributed by atoms with van der Waals surface area (Å²) in [5.74, 6) is 0.188. The van der Waals surface area contributed by atoms with Crippen LogP contribution < -0.4 is 9.08 Å². The first-order valence-corrected chi connectivity index (χ1v) is 9.25. The fourth-order valence-corrected chi connectivity index (χ4v) is 3.29. The summed E-state index contributed by atoms with van der Waals surface area (Å²) in [7, 11) is -3.57. The molecule has 0 bridgehead atoms. The Morgan fingerprint density at radius 3 is 2.48 bits per heavy atom. The maximum absolute atomic E-state index is 11.3. The molecular formula is C14H21ClN2O3S. The summed E-state index contributed by atoms with van der Waals surface area (Å²) in [5.41, 5.74) is 0.828. The van der Waals surface area contributed by atoms with Crippen LogP contribution in [0, 0.1) is 0 Å². The number of benzene rings is 1. The van der Waals surface area contributed by atoms with E-state index >= 15 is 0 Å². The Labute approximate surface area is 131 Å².